The van der Waals surface area contributed by atoms with Crippen molar-refractivity contribution in [2.45, 2.75) is 13.5 Å². The van der Waals surface area contributed by atoms with Crippen LogP contribution < -0.4 is 10.6 Å². The van der Waals surface area contributed by atoms with Crippen molar-refractivity contribution in [2.75, 3.05) is 10.6 Å². The molecule has 0 radical (unpaired) electrons. The first-order valence-corrected chi connectivity index (χ1v) is 6.90. The van der Waals surface area contributed by atoms with E-state index in [2.05, 4.69) is 26.6 Å². The molecule has 0 saturated heterocycles. The summed E-state index contributed by atoms with van der Waals surface area (Å²) in [7, 11) is 0. The normalized spacial score (nSPS) is 10.2. The fourth-order valence-electron chi connectivity index (χ4n) is 1.77. The van der Waals surface area contributed by atoms with Gasteiger partial charge in [0.1, 0.15) is 5.82 Å². The SMILES string of the molecule is CC(=O)Nc1ccc(CNc2c(F)cccc2Br)cc1. The standard InChI is InChI=1S/C15H14BrFN2O/c1-10(20)19-12-7-5-11(6-8-12)9-18-15-13(16)3-2-4-14(15)17/h2-8,18H,9H2,1H3,(H,19,20). The molecule has 2 rings (SSSR count). The number of halogens is 2. The lowest BCUT2D eigenvalue weighted by atomic mass is 10.2. The van der Waals surface area contributed by atoms with Gasteiger partial charge in [-0.3, -0.25) is 4.79 Å². The van der Waals surface area contributed by atoms with Crippen molar-refractivity contribution >= 4 is 33.2 Å². The number of rotatable bonds is 4. The van der Waals surface area contributed by atoms with Crippen molar-refractivity contribution in [3.05, 3.63) is 58.3 Å². The number of anilines is 2. The monoisotopic (exact) mass is 336 g/mol. The number of hydrogen-bond donors (Lipinski definition) is 2. The molecule has 2 aromatic carbocycles. The summed E-state index contributed by atoms with van der Waals surface area (Å²) in [4.78, 5) is 10.9. The summed E-state index contributed by atoms with van der Waals surface area (Å²) in [6, 6.07) is 12.2. The minimum atomic E-state index is -0.297. The molecule has 0 aliphatic rings. The first-order chi connectivity index (χ1) is 9.56. The predicted molar refractivity (Wildman–Crippen MR) is 82.2 cm³/mol. The molecular weight excluding hydrogens is 323 g/mol. The van der Waals surface area contributed by atoms with Gasteiger partial charge in [0.15, 0.2) is 0 Å². The molecule has 0 aromatic heterocycles. The Labute approximate surface area is 125 Å². The third-order valence-corrected chi connectivity index (χ3v) is 3.37. The average molecular weight is 337 g/mol. The van der Waals surface area contributed by atoms with E-state index >= 15 is 0 Å². The van der Waals surface area contributed by atoms with Gasteiger partial charge in [0.05, 0.1) is 5.69 Å². The molecule has 104 valence electrons. The van der Waals surface area contributed by atoms with Crippen molar-refractivity contribution in [3.8, 4) is 0 Å². The van der Waals surface area contributed by atoms with Crippen molar-refractivity contribution in [2.24, 2.45) is 0 Å². The Hall–Kier alpha value is -1.88. The number of para-hydroxylation sites is 1. The maximum Gasteiger partial charge on any atom is 0.221 e. The zero-order valence-corrected chi connectivity index (χ0v) is 12.5. The van der Waals surface area contributed by atoms with Crippen LogP contribution in [0.2, 0.25) is 0 Å². The van der Waals surface area contributed by atoms with E-state index in [1.54, 1.807) is 12.1 Å². The van der Waals surface area contributed by atoms with Crippen LogP contribution >= 0.6 is 15.9 Å². The van der Waals surface area contributed by atoms with Crippen LogP contribution in [0.15, 0.2) is 46.9 Å². The molecule has 0 aliphatic heterocycles. The summed E-state index contributed by atoms with van der Waals surface area (Å²) in [5, 5.41) is 5.75. The quantitative estimate of drug-likeness (QED) is 0.880. The van der Waals surface area contributed by atoms with E-state index in [9.17, 15) is 9.18 Å². The maximum absolute atomic E-state index is 13.6. The largest absolute Gasteiger partial charge is 0.378 e. The second kappa shape index (κ2) is 6.52. The number of amides is 1. The Morgan fingerprint density at radius 1 is 1.20 bits per heavy atom. The molecule has 0 heterocycles. The molecule has 0 atom stereocenters. The number of carbonyl (C=O) groups is 1. The zero-order valence-electron chi connectivity index (χ0n) is 10.9. The van der Waals surface area contributed by atoms with Crippen LogP contribution in [0.3, 0.4) is 0 Å². The lowest BCUT2D eigenvalue weighted by Gasteiger charge is -2.10. The van der Waals surface area contributed by atoms with Crippen molar-refractivity contribution in [3.63, 3.8) is 0 Å². The third kappa shape index (κ3) is 3.81. The molecule has 2 N–H and O–H groups in total. The van der Waals surface area contributed by atoms with E-state index in [0.29, 0.717) is 16.7 Å². The number of benzene rings is 2. The van der Waals surface area contributed by atoms with Crippen molar-refractivity contribution in [1.82, 2.24) is 0 Å². The lowest BCUT2D eigenvalue weighted by molar-refractivity contribution is -0.114. The minimum absolute atomic E-state index is 0.105. The summed E-state index contributed by atoms with van der Waals surface area (Å²) in [5.74, 6) is -0.402. The van der Waals surface area contributed by atoms with Crippen molar-refractivity contribution in [1.29, 1.82) is 0 Å². The van der Waals surface area contributed by atoms with Crippen LogP contribution in [0.5, 0.6) is 0 Å². The van der Waals surface area contributed by atoms with Crippen LogP contribution in [0.4, 0.5) is 15.8 Å². The second-order valence-electron chi connectivity index (χ2n) is 4.33. The summed E-state index contributed by atoms with van der Waals surface area (Å²) in [6.07, 6.45) is 0. The molecule has 0 fully saturated rings. The topological polar surface area (TPSA) is 41.1 Å². The van der Waals surface area contributed by atoms with E-state index in [0.717, 1.165) is 11.3 Å². The first-order valence-electron chi connectivity index (χ1n) is 6.10. The lowest BCUT2D eigenvalue weighted by Crippen LogP contribution is -2.06. The Morgan fingerprint density at radius 2 is 1.90 bits per heavy atom. The smallest absolute Gasteiger partial charge is 0.221 e. The highest BCUT2D eigenvalue weighted by atomic mass is 79.9. The second-order valence-corrected chi connectivity index (χ2v) is 5.18. The molecule has 0 saturated carbocycles. The van der Waals surface area contributed by atoms with E-state index in [-0.39, 0.29) is 11.7 Å². The highest BCUT2D eigenvalue weighted by Crippen LogP contribution is 2.25. The summed E-state index contributed by atoms with van der Waals surface area (Å²) < 4.78 is 14.3. The number of nitrogens with one attached hydrogen (secondary N) is 2. The van der Waals surface area contributed by atoms with Gasteiger partial charge in [0, 0.05) is 23.6 Å². The van der Waals surface area contributed by atoms with Gasteiger partial charge >= 0.3 is 0 Å². The van der Waals surface area contributed by atoms with Gasteiger partial charge in [-0.1, -0.05) is 18.2 Å². The van der Waals surface area contributed by atoms with E-state index in [1.807, 2.05) is 24.3 Å². The molecule has 5 heteroatoms. The summed E-state index contributed by atoms with van der Waals surface area (Å²) in [6.45, 7) is 1.96. The predicted octanol–water partition coefficient (Wildman–Crippen LogP) is 4.16. The van der Waals surface area contributed by atoms with Crippen LogP contribution in [0.1, 0.15) is 12.5 Å². The highest BCUT2D eigenvalue weighted by molar-refractivity contribution is 9.10. The molecule has 0 bridgehead atoms. The Morgan fingerprint density at radius 3 is 2.50 bits per heavy atom. The average Bonchev–Trinajstić information content (AvgIpc) is 2.39. The van der Waals surface area contributed by atoms with Gasteiger partial charge in [-0.2, -0.15) is 0 Å². The maximum atomic E-state index is 13.6. The molecule has 0 spiro atoms. The van der Waals surface area contributed by atoms with Crippen LogP contribution in [-0.2, 0) is 11.3 Å². The van der Waals surface area contributed by atoms with Gasteiger partial charge in [0.25, 0.3) is 0 Å². The Kier molecular flexibility index (Phi) is 4.74. The first kappa shape index (κ1) is 14.5. The minimum Gasteiger partial charge on any atom is -0.378 e. The van der Waals surface area contributed by atoms with E-state index in [4.69, 9.17) is 0 Å². The molecule has 0 aliphatic carbocycles. The number of hydrogen-bond acceptors (Lipinski definition) is 2. The zero-order chi connectivity index (χ0) is 14.5. The van der Waals surface area contributed by atoms with E-state index < -0.39 is 0 Å². The molecule has 0 unspecified atom stereocenters. The summed E-state index contributed by atoms with van der Waals surface area (Å²) >= 11 is 3.31. The molecular formula is C15H14BrFN2O. The van der Waals surface area contributed by atoms with Crippen LogP contribution in [-0.4, -0.2) is 5.91 Å². The van der Waals surface area contributed by atoms with Gasteiger partial charge < -0.3 is 10.6 Å². The highest BCUT2D eigenvalue weighted by Gasteiger charge is 2.05. The fraction of sp³-hybridized carbons (Fsp3) is 0.133. The fourth-order valence-corrected chi connectivity index (χ4v) is 2.25. The molecule has 1 amide bonds. The van der Waals surface area contributed by atoms with Crippen LogP contribution in [0, 0.1) is 5.82 Å². The number of carbonyl (C=O) groups excluding carboxylic acids is 1. The van der Waals surface area contributed by atoms with Crippen LogP contribution in [0.25, 0.3) is 0 Å². The Bertz CT molecular complexity index is 594. The van der Waals surface area contributed by atoms with E-state index in [1.165, 1.54) is 13.0 Å². The third-order valence-electron chi connectivity index (χ3n) is 2.71. The Balaban J connectivity index is 2.02. The van der Waals surface area contributed by atoms with Gasteiger partial charge in [0.2, 0.25) is 5.91 Å². The van der Waals surface area contributed by atoms with Gasteiger partial charge in [-0.15, -0.1) is 0 Å². The summed E-state index contributed by atoms with van der Waals surface area (Å²) in [5.41, 5.74) is 2.18. The molecule has 3 nitrogen and oxygen atoms in total. The molecule has 2 aromatic rings. The molecule has 20 heavy (non-hydrogen) atoms. The van der Waals surface area contributed by atoms with Gasteiger partial charge in [-0.25, -0.2) is 4.39 Å². The van der Waals surface area contributed by atoms with Crippen molar-refractivity contribution < 1.29 is 9.18 Å². The van der Waals surface area contributed by atoms with Gasteiger partial charge in [-0.05, 0) is 45.8 Å².